The fraction of sp³-hybridized carbons (Fsp3) is 0.364. The molecule has 1 N–H and O–H groups in total. The molecule has 0 amide bonds. The number of ether oxygens (including phenoxy) is 1. The van der Waals surface area contributed by atoms with Crippen molar-refractivity contribution in [1.82, 2.24) is 4.98 Å². The highest BCUT2D eigenvalue weighted by Crippen LogP contribution is 2.41. The van der Waals surface area contributed by atoms with Crippen LogP contribution in [0.5, 0.6) is 0 Å². The second kappa shape index (κ2) is 7.18. The van der Waals surface area contributed by atoms with Crippen LogP contribution >= 0.6 is 23.2 Å². The molecule has 1 aromatic heterocycles. The molecule has 0 bridgehead atoms. The van der Waals surface area contributed by atoms with Gasteiger partial charge in [-0.15, -0.1) is 0 Å². The maximum atomic E-state index is 13.1. The van der Waals surface area contributed by atoms with Gasteiger partial charge < -0.3 is 9.84 Å². The topological polar surface area (TPSA) is 59.4 Å². The molecule has 3 rings (SSSR count). The Bertz CT molecular complexity index is 993. The molecule has 0 radical (unpaired) electrons. The Hall–Kier alpha value is -1.88. The summed E-state index contributed by atoms with van der Waals surface area (Å²) in [6, 6.07) is 9.18. The average molecular weight is 420 g/mol. The highest BCUT2D eigenvalue weighted by molar-refractivity contribution is 6.34. The number of aromatic nitrogens is 1. The van der Waals surface area contributed by atoms with Gasteiger partial charge in [-0.3, -0.25) is 4.79 Å². The molecule has 1 aliphatic rings. The van der Waals surface area contributed by atoms with Gasteiger partial charge in [0.25, 0.3) is 0 Å². The largest absolute Gasteiger partial charge is 0.508 e. The first-order chi connectivity index (χ1) is 13.0. The highest BCUT2D eigenvalue weighted by atomic mass is 35.5. The molecule has 148 valence electrons. The first-order valence-electron chi connectivity index (χ1n) is 9.12. The summed E-state index contributed by atoms with van der Waals surface area (Å²) < 4.78 is 5.84. The van der Waals surface area contributed by atoms with Gasteiger partial charge in [-0.25, -0.2) is 4.98 Å². The van der Waals surface area contributed by atoms with E-state index in [-0.39, 0.29) is 11.5 Å². The third-order valence-corrected chi connectivity index (χ3v) is 5.47. The fourth-order valence-corrected chi connectivity index (χ4v) is 4.07. The molecule has 28 heavy (non-hydrogen) atoms. The minimum absolute atomic E-state index is 0.0505. The number of hydrogen-bond acceptors (Lipinski definition) is 4. The Kier molecular flexibility index (Phi) is 5.34. The number of ketones is 1. The van der Waals surface area contributed by atoms with E-state index in [4.69, 9.17) is 27.9 Å². The molecule has 0 fully saturated rings. The first-order valence-corrected chi connectivity index (χ1v) is 9.88. The summed E-state index contributed by atoms with van der Waals surface area (Å²) in [7, 11) is 0. The summed E-state index contributed by atoms with van der Waals surface area (Å²) in [6.07, 6.45) is 0.674. The molecule has 0 spiro atoms. The van der Waals surface area contributed by atoms with Crippen molar-refractivity contribution in [2.24, 2.45) is 0 Å². The second-order valence-corrected chi connectivity index (χ2v) is 8.62. The van der Waals surface area contributed by atoms with E-state index in [0.717, 1.165) is 16.7 Å². The first kappa shape index (κ1) is 20.8. The molecule has 0 saturated heterocycles. The lowest BCUT2D eigenvalue weighted by Crippen LogP contribution is -2.49. The Labute approximate surface area is 175 Å². The number of Topliss-reactive ketones (excluding diaryl/α,β-unsaturated/α-hetero) is 1. The molecule has 6 heteroatoms. The van der Waals surface area contributed by atoms with Gasteiger partial charge in [0.2, 0.25) is 0 Å². The predicted molar refractivity (Wildman–Crippen MR) is 113 cm³/mol. The Morgan fingerprint density at radius 2 is 1.68 bits per heavy atom. The summed E-state index contributed by atoms with van der Waals surface area (Å²) in [5.41, 5.74) is 1.57. The van der Waals surface area contributed by atoms with Crippen molar-refractivity contribution in [1.29, 1.82) is 0 Å². The molecule has 0 saturated carbocycles. The molecule has 1 aliphatic heterocycles. The molecule has 2 aromatic rings. The van der Waals surface area contributed by atoms with Crippen LogP contribution in [0.2, 0.25) is 10.3 Å². The van der Waals surface area contributed by atoms with E-state index in [1.807, 2.05) is 31.2 Å². The van der Waals surface area contributed by atoms with Gasteiger partial charge in [-0.1, -0.05) is 48.3 Å². The second-order valence-electron chi connectivity index (χ2n) is 7.87. The summed E-state index contributed by atoms with van der Waals surface area (Å²) in [6.45, 7) is 8.97. The standard InChI is InChI=1S/C22H23Cl2NO3/c1-6-12-11-13(15-9-10-16(23)25-20(15)24)7-8-14(12)17-18(26)21(2,3)28-22(4,5)19(17)27/h7-11,26H,6H2,1-5H3. The van der Waals surface area contributed by atoms with Gasteiger partial charge in [0.05, 0.1) is 5.57 Å². The normalized spacial score (nSPS) is 18.5. The van der Waals surface area contributed by atoms with Crippen molar-refractivity contribution in [2.45, 2.75) is 52.2 Å². The molecular formula is C22H23Cl2NO3. The van der Waals surface area contributed by atoms with Crippen LogP contribution in [0.1, 0.15) is 45.7 Å². The number of pyridine rings is 1. The SMILES string of the molecule is CCc1cc(-c2ccc(Cl)nc2Cl)ccc1C1=C(O)C(C)(C)OC(C)(C)C1=O. The van der Waals surface area contributed by atoms with E-state index in [9.17, 15) is 9.90 Å². The third kappa shape index (κ3) is 3.57. The molecule has 0 unspecified atom stereocenters. The number of hydrogen-bond donors (Lipinski definition) is 1. The van der Waals surface area contributed by atoms with Crippen molar-refractivity contribution in [3.63, 3.8) is 0 Å². The number of aryl methyl sites for hydroxylation is 1. The van der Waals surface area contributed by atoms with Crippen LogP contribution in [0.25, 0.3) is 16.7 Å². The van der Waals surface area contributed by atoms with Crippen LogP contribution in [-0.2, 0) is 16.0 Å². The van der Waals surface area contributed by atoms with Crippen LogP contribution in [-0.4, -0.2) is 27.1 Å². The summed E-state index contributed by atoms with van der Waals surface area (Å²) in [5, 5.41) is 11.5. The zero-order valence-corrected chi connectivity index (χ0v) is 18.1. The van der Waals surface area contributed by atoms with Crippen LogP contribution in [0.4, 0.5) is 0 Å². The van der Waals surface area contributed by atoms with Crippen LogP contribution in [0, 0.1) is 0 Å². The highest BCUT2D eigenvalue weighted by Gasteiger charge is 2.47. The molecule has 0 atom stereocenters. The lowest BCUT2D eigenvalue weighted by molar-refractivity contribution is -0.158. The van der Waals surface area contributed by atoms with Crippen LogP contribution in [0.3, 0.4) is 0 Å². The summed E-state index contributed by atoms with van der Waals surface area (Å²) in [5.74, 6) is -0.288. The quantitative estimate of drug-likeness (QED) is 0.615. The monoisotopic (exact) mass is 419 g/mol. The Morgan fingerprint density at radius 3 is 2.29 bits per heavy atom. The fourth-order valence-electron chi connectivity index (χ4n) is 3.62. The zero-order chi connectivity index (χ0) is 20.9. The number of aliphatic hydroxyl groups is 1. The maximum absolute atomic E-state index is 13.1. The number of nitrogens with zero attached hydrogens (tertiary/aromatic N) is 1. The van der Waals surface area contributed by atoms with Gasteiger partial charge >= 0.3 is 0 Å². The van der Waals surface area contributed by atoms with Gasteiger partial charge in [-0.2, -0.15) is 0 Å². The smallest absolute Gasteiger partial charge is 0.198 e. The Balaban J connectivity index is 2.19. The van der Waals surface area contributed by atoms with Crippen molar-refractivity contribution in [3.8, 4) is 11.1 Å². The molecule has 0 aliphatic carbocycles. The van der Waals surface area contributed by atoms with E-state index in [0.29, 0.717) is 27.9 Å². The predicted octanol–water partition coefficient (Wildman–Crippen LogP) is 6.04. The number of benzene rings is 1. The number of halogens is 2. The van der Waals surface area contributed by atoms with E-state index >= 15 is 0 Å². The Morgan fingerprint density at radius 1 is 1.04 bits per heavy atom. The minimum Gasteiger partial charge on any atom is -0.508 e. The van der Waals surface area contributed by atoms with E-state index in [1.54, 1.807) is 33.8 Å². The number of carbonyl (C=O) groups is 1. The number of carbonyl (C=O) groups excluding carboxylic acids is 1. The lowest BCUT2D eigenvalue weighted by atomic mass is 9.81. The van der Waals surface area contributed by atoms with E-state index in [2.05, 4.69) is 4.98 Å². The van der Waals surface area contributed by atoms with Gasteiger partial charge in [0.1, 0.15) is 27.3 Å². The third-order valence-electron chi connectivity index (χ3n) is 4.97. The minimum atomic E-state index is -1.03. The molecule has 2 heterocycles. The van der Waals surface area contributed by atoms with Crippen LogP contribution in [0.15, 0.2) is 36.1 Å². The summed E-state index contributed by atoms with van der Waals surface area (Å²) >= 11 is 12.2. The van der Waals surface area contributed by atoms with Gasteiger partial charge in [0, 0.05) is 5.56 Å². The van der Waals surface area contributed by atoms with Crippen molar-refractivity contribution in [3.05, 3.63) is 57.5 Å². The summed E-state index contributed by atoms with van der Waals surface area (Å²) in [4.78, 5) is 17.2. The maximum Gasteiger partial charge on any atom is 0.198 e. The number of rotatable bonds is 3. The molecule has 1 aromatic carbocycles. The van der Waals surface area contributed by atoms with E-state index in [1.165, 1.54) is 0 Å². The van der Waals surface area contributed by atoms with Gasteiger partial charge in [-0.05, 0) is 62.9 Å². The van der Waals surface area contributed by atoms with Gasteiger partial charge in [0.15, 0.2) is 5.78 Å². The lowest BCUT2D eigenvalue weighted by Gasteiger charge is -2.40. The van der Waals surface area contributed by atoms with E-state index < -0.39 is 11.2 Å². The molecule has 4 nitrogen and oxygen atoms in total. The van der Waals surface area contributed by atoms with Crippen molar-refractivity contribution >= 4 is 34.6 Å². The number of aliphatic hydroxyl groups excluding tert-OH is 1. The molecular weight excluding hydrogens is 397 g/mol. The van der Waals surface area contributed by atoms with Crippen molar-refractivity contribution < 1.29 is 14.6 Å². The van der Waals surface area contributed by atoms with Crippen LogP contribution < -0.4 is 0 Å². The average Bonchev–Trinajstić information content (AvgIpc) is 2.60. The van der Waals surface area contributed by atoms with Crippen molar-refractivity contribution in [2.75, 3.05) is 0 Å². The zero-order valence-electron chi connectivity index (χ0n) is 16.6.